The molecule has 1 N–H and O–H groups in total. The van der Waals surface area contributed by atoms with E-state index < -0.39 is 5.97 Å². The normalized spacial score (nSPS) is 25.0. The first-order valence-electron chi connectivity index (χ1n) is 12.4. The van der Waals surface area contributed by atoms with Gasteiger partial charge >= 0.3 is 5.97 Å². The summed E-state index contributed by atoms with van der Waals surface area (Å²) in [5.74, 6) is 1.39. The first-order valence-corrected chi connectivity index (χ1v) is 12.4. The van der Waals surface area contributed by atoms with Gasteiger partial charge in [-0.15, -0.1) is 0 Å². The lowest BCUT2D eigenvalue weighted by Crippen LogP contribution is -2.35. The van der Waals surface area contributed by atoms with E-state index in [0.717, 1.165) is 57.0 Å². The maximum Gasteiger partial charge on any atom is 0.303 e. The van der Waals surface area contributed by atoms with Crippen LogP contribution in [0.4, 0.5) is 0 Å². The van der Waals surface area contributed by atoms with Crippen molar-refractivity contribution in [2.75, 3.05) is 13.1 Å². The number of ether oxygens (including phenoxy) is 1. The van der Waals surface area contributed by atoms with Gasteiger partial charge in [0, 0.05) is 19.5 Å². The second-order valence-corrected chi connectivity index (χ2v) is 11.1. The zero-order chi connectivity index (χ0) is 22.7. The fourth-order valence-electron chi connectivity index (χ4n) is 5.65. The SMILES string of the molecule is CC(C)(C)[C@H]1CC[C@H](Oc2ccc3cc(CN4CCCC(CC(=O)O)C4)ccc3c2)CC1. The number of benzene rings is 2. The molecule has 0 aromatic heterocycles. The quantitative estimate of drug-likeness (QED) is 0.560. The van der Waals surface area contributed by atoms with E-state index >= 15 is 0 Å². The van der Waals surface area contributed by atoms with Crippen LogP contribution in [-0.2, 0) is 11.3 Å². The summed E-state index contributed by atoms with van der Waals surface area (Å²) in [7, 11) is 0. The van der Waals surface area contributed by atoms with E-state index in [2.05, 4.69) is 62.1 Å². The molecule has 4 nitrogen and oxygen atoms in total. The Morgan fingerprint density at radius 3 is 2.47 bits per heavy atom. The molecule has 0 bridgehead atoms. The van der Waals surface area contributed by atoms with E-state index in [-0.39, 0.29) is 12.3 Å². The molecule has 1 unspecified atom stereocenters. The molecule has 174 valence electrons. The molecule has 1 saturated carbocycles. The maximum absolute atomic E-state index is 11.1. The van der Waals surface area contributed by atoms with Gasteiger partial charge in [0.15, 0.2) is 0 Å². The van der Waals surface area contributed by atoms with E-state index in [1.54, 1.807) is 0 Å². The molecule has 1 saturated heterocycles. The molecule has 1 atom stereocenters. The number of carboxylic acid groups (broad SMARTS) is 1. The van der Waals surface area contributed by atoms with Crippen molar-refractivity contribution in [1.82, 2.24) is 4.90 Å². The highest BCUT2D eigenvalue weighted by Crippen LogP contribution is 2.39. The van der Waals surface area contributed by atoms with Gasteiger partial charge in [0.25, 0.3) is 0 Å². The first kappa shape index (κ1) is 23.1. The Balaban J connectivity index is 1.35. The summed E-state index contributed by atoms with van der Waals surface area (Å²) in [6, 6.07) is 13.2. The lowest BCUT2D eigenvalue weighted by molar-refractivity contribution is -0.138. The van der Waals surface area contributed by atoms with Crippen LogP contribution < -0.4 is 4.74 Å². The standard InChI is InChI=1S/C28H39NO3/c1-28(2,3)24-9-12-25(13-10-24)32-26-11-8-22-15-21(6-7-23(22)17-26)19-29-14-4-5-20(18-29)16-27(30)31/h6-8,11,15,17,20,24-25H,4-5,9-10,12-14,16,18-19H2,1-3H3,(H,30,31)/t20?,24-,25-. The third-order valence-electron chi connectivity index (χ3n) is 7.55. The van der Waals surface area contributed by atoms with Crippen LogP contribution in [0.3, 0.4) is 0 Å². The van der Waals surface area contributed by atoms with Crippen molar-refractivity contribution >= 4 is 16.7 Å². The van der Waals surface area contributed by atoms with Crippen LogP contribution in [0.1, 0.15) is 71.3 Å². The molecule has 1 aliphatic heterocycles. The number of aliphatic carboxylic acids is 1. The average molecular weight is 438 g/mol. The summed E-state index contributed by atoms with van der Waals surface area (Å²) in [6.07, 6.45) is 7.56. The Labute approximate surface area is 192 Å². The van der Waals surface area contributed by atoms with Crippen molar-refractivity contribution in [3.05, 3.63) is 42.0 Å². The highest BCUT2D eigenvalue weighted by Gasteiger charge is 2.30. The second-order valence-electron chi connectivity index (χ2n) is 11.1. The Bertz CT molecular complexity index is 924. The molecule has 0 spiro atoms. The molecule has 32 heavy (non-hydrogen) atoms. The average Bonchev–Trinajstić information content (AvgIpc) is 2.73. The number of carboxylic acids is 1. The van der Waals surface area contributed by atoms with Crippen LogP contribution in [0.15, 0.2) is 36.4 Å². The molecular formula is C28H39NO3. The molecule has 4 rings (SSSR count). The van der Waals surface area contributed by atoms with Gasteiger partial charge in [-0.1, -0.05) is 39.0 Å². The Morgan fingerprint density at radius 1 is 1.03 bits per heavy atom. The van der Waals surface area contributed by atoms with Gasteiger partial charge < -0.3 is 9.84 Å². The van der Waals surface area contributed by atoms with Crippen LogP contribution >= 0.6 is 0 Å². The van der Waals surface area contributed by atoms with Gasteiger partial charge in [-0.05, 0) is 96.9 Å². The fraction of sp³-hybridized carbons (Fsp3) is 0.607. The summed E-state index contributed by atoms with van der Waals surface area (Å²) in [4.78, 5) is 13.5. The molecule has 4 heteroatoms. The van der Waals surface area contributed by atoms with E-state index in [0.29, 0.717) is 11.5 Å². The molecule has 2 aromatic rings. The largest absolute Gasteiger partial charge is 0.490 e. The van der Waals surface area contributed by atoms with Crippen LogP contribution in [-0.4, -0.2) is 35.2 Å². The third-order valence-corrected chi connectivity index (χ3v) is 7.55. The van der Waals surface area contributed by atoms with Gasteiger partial charge in [-0.25, -0.2) is 0 Å². The molecule has 0 radical (unpaired) electrons. The highest BCUT2D eigenvalue weighted by atomic mass is 16.5. The van der Waals surface area contributed by atoms with Crippen LogP contribution in [0, 0.1) is 17.3 Å². The minimum absolute atomic E-state index is 0.278. The Morgan fingerprint density at radius 2 is 1.75 bits per heavy atom. The summed E-state index contributed by atoms with van der Waals surface area (Å²) in [5, 5.41) is 11.6. The molecule has 2 aromatic carbocycles. The number of likely N-dealkylation sites (tertiary alicyclic amines) is 1. The van der Waals surface area contributed by atoms with Gasteiger partial charge in [0.2, 0.25) is 0 Å². The lowest BCUT2D eigenvalue weighted by atomic mass is 9.72. The number of hydrogen-bond donors (Lipinski definition) is 1. The van der Waals surface area contributed by atoms with Crippen LogP contribution in [0.2, 0.25) is 0 Å². The first-order chi connectivity index (χ1) is 15.3. The maximum atomic E-state index is 11.1. The molecule has 1 heterocycles. The summed E-state index contributed by atoms with van der Waals surface area (Å²) in [6.45, 7) is 9.90. The van der Waals surface area contributed by atoms with Gasteiger partial charge in [0.1, 0.15) is 5.75 Å². The number of nitrogens with zero attached hydrogens (tertiary/aromatic N) is 1. The summed E-state index contributed by atoms with van der Waals surface area (Å²) in [5.41, 5.74) is 1.69. The van der Waals surface area contributed by atoms with Crippen LogP contribution in [0.5, 0.6) is 5.75 Å². The predicted molar refractivity (Wildman–Crippen MR) is 130 cm³/mol. The van der Waals surface area contributed by atoms with E-state index in [9.17, 15) is 4.79 Å². The van der Waals surface area contributed by atoms with E-state index in [1.165, 1.54) is 29.2 Å². The minimum atomic E-state index is -0.678. The second kappa shape index (κ2) is 9.82. The van der Waals surface area contributed by atoms with Crippen molar-refractivity contribution in [3.63, 3.8) is 0 Å². The molecular weight excluding hydrogens is 398 g/mol. The highest BCUT2D eigenvalue weighted by molar-refractivity contribution is 5.84. The zero-order valence-electron chi connectivity index (χ0n) is 20.0. The molecule has 2 fully saturated rings. The van der Waals surface area contributed by atoms with Crippen LogP contribution in [0.25, 0.3) is 10.8 Å². The number of carbonyl (C=O) groups is 1. The fourth-order valence-corrected chi connectivity index (χ4v) is 5.65. The molecule has 1 aliphatic carbocycles. The predicted octanol–water partition coefficient (Wildman–Crippen LogP) is 6.51. The molecule has 0 amide bonds. The van der Waals surface area contributed by atoms with Crippen molar-refractivity contribution in [3.8, 4) is 5.75 Å². The monoisotopic (exact) mass is 437 g/mol. The Hall–Kier alpha value is -2.07. The molecule has 2 aliphatic rings. The number of piperidine rings is 1. The Kier molecular flexibility index (Phi) is 7.09. The zero-order valence-corrected chi connectivity index (χ0v) is 20.0. The third kappa shape index (κ3) is 6.04. The van der Waals surface area contributed by atoms with Gasteiger partial charge in [-0.3, -0.25) is 9.69 Å². The topological polar surface area (TPSA) is 49.8 Å². The minimum Gasteiger partial charge on any atom is -0.490 e. The van der Waals surface area contributed by atoms with E-state index in [4.69, 9.17) is 9.84 Å². The van der Waals surface area contributed by atoms with Crippen molar-refractivity contribution in [1.29, 1.82) is 0 Å². The van der Waals surface area contributed by atoms with E-state index in [1.807, 2.05) is 0 Å². The van der Waals surface area contributed by atoms with Gasteiger partial charge in [0.05, 0.1) is 6.10 Å². The number of hydrogen-bond acceptors (Lipinski definition) is 3. The van der Waals surface area contributed by atoms with Gasteiger partial charge in [-0.2, -0.15) is 0 Å². The number of rotatable bonds is 6. The van der Waals surface area contributed by atoms with Crippen molar-refractivity contribution in [2.45, 2.75) is 78.4 Å². The summed E-state index contributed by atoms with van der Waals surface area (Å²) < 4.78 is 6.36. The van der Waals surface area contributed by atoms with Crippen molar-refractivity contribution < 1.29 is 14.6 Å². The smallest absolute Gasteiger partial charge is 0.303 e. The number of fused-ring (bicyclic) bond motifs is 1. The summed E-state index contributed by atoms with van der Waals surface area (Å²) >= 11 is 0. The lowest BCUT2D eigenvalue weighted by Gasteiger charge is -2.37. The van der Waals surface area contributed by atoms with Crippen molar-refractivity contribution in [2.24, 2.45) is 17.3 Å².